The van der Waals surface area contributed by atoms with E-state index in [4.69, 9.17) is 16.3 Å². The molecule has 3 heterocycles. The van der Waals surface area contributed by atoms with Crippen LogP contribution < -0.4 is 9.64 Å². The summed E-state index contributed by atoms with van der Waals surface area (Å²) in [5, 5.41) is 0.613. The van der Waals surface area contributed by atoms with Gasteiger partial charge in [0.05, 0.1) is 6.61 Å². The lowest BCUT2D eigenvalue weighted by molar-refractivity contribution is 0.0637. The topological polar surface area (TPSA) is 59.6 Å². The van der Waals surface area contributed by atoms with Gasteiger partial charge in [-0.05, 0) is 80.9 Å². The van der Waals surface area contributed by atoms with Gasteiger partial charge in [0, 0.05) is 75.2 Å². The Morgan fingerprint density at radius 3 is 1.92 bits per heavy atom. The number of carbonyl (C=O) groups excluding carboxylic acids is 2. The van der Waals surface area contributed by atoms with Crippen molar-refractivity contribution in [2.75, 3.05) is 83.5 Å². The van der Waals surface area contributed by atoms with Crippen LogP contribution in [0.4, 0.5) is 10.5 Å². The Labute approximate surface area is 237 Å². The molecular weight excluding hydrogens is 514 g/mol. The van der Waals surface area contributed by atoms with Crippen molar-refractivity contribution in [3.05, 3.63) is 59.1 Å². The van der Waals surface area contributed by atoms with Crippen molar-refractivity contribution in [3.8, 4) is 5.75 Å². The predicted molar refractivity (Wildman–Crippen MR) is 155 cm³/mol. The number of nitrogens with zero attached hydrogens (tertiary/aromatic N) is 5. The van der Waals surface area contributed by atoms with Gasteiger partial charge in [0.2, 0.25) is 0 Å². The van der Waals surface area contributed by atoms with Crippen molar-refractivity contribution in [2.24, 2.45) is 0 Å². The van der Waals surface area contributed by atoms with E-state index in [1.807, 2.05) is 14.7 Å². The number of urea groups is 1. The molecule has 210 valence electrons. The number of piperidine rings is 1. The molecule has 3 saturated heterocycles. The fourth-order valence-corrected chi connectivity index (χ4v) is 5.77. The Morgan fingerprint density at radius 1 is 0.692 bits per heavy atom. The van der Waals surface area contributed by atoms with Crippen LogP contribution in [0.15, 0.2) is 48.5 Å². The van der Waals surface area contributed by atoms with Gasteiger partial charge in [-0.2, -0.15) is 0 Å². The van der Waals surface area contributed by atoms with E-state index < -0.39 is 0 Å². The zero-order valence-electron chi connectivity index (χ0n) is 22.8. The van der Waals surface area contributed by atoms with Crippen molar-refractivity contribution >= 4 is 29.2 Å². The highest BCUT2D eigenvalue weighted by Gasteiger charge is 2.29. The first kappa shape index (κ1) is 27.6. The molecule has 0 unspecified atom stereocenters. The smallest absolute Gasteiger partial charge is 0.320 e. The number of anilines is 1. The SMILES string of the molecule is O=C(c1ccc(Cl)cc1)N1CCN(C(=O)N2CCN(c3ccc(OCCCN4CCCCC4)cc3)CC2)CC1. The molecule has 3 aliphatic heterocycles. The van der Waals surface area contributed by atoms with Gasteiger partial charge in [0.15, 0.2) is 0 Å². The minimum Gasteiger partial charge on any atom is -0.494 e. The molecule has 0 aliphatic carbocycles. The van der Waals surface area contributed by atoms with Crippen LogP contribution in [-0.2, 0) is 0 Å². The summed E-state index contributed by atoms with van der Waals surface area (Å²) < 4.78 is 5.97. The second-order valence-electron chi connectivity index (χ2n) is 10.6. The molecule has 2 aromatic rings. The minimum atomic E-state index is -0.0127. The van der Waals surface area contributed by atoms with Gasteiger partial charge < -0.3 is 29.2 Å². The summed E-state index contributed by atoms with van der Waals surface area (Å²) in [6.45, 7) is 9.52. The van der Waals surface area contributed by atoms with Crippen LogP contribution in [0.5, 0.6) is 5.75 Å². The standard InChI is InChI=1S/C30H40ClN5O3/c31-26-7-5-25(6-8-26)29(37)34-18-22-36(23-19-34)30(38)35-20-16-33(17-21-35)27-9-11-28(12-10-27)39-24-4-15-32-13-2-1-3-14-32/h5-12H,1-4,13-24H2. The number of rotatable bonds is 7. The molecule has 3 aliphatic rings. The van der Waals surface area contributed by atoms with Gasteiger partial charge in [-0.25, -0.2) is 4.79 Å². The molecule has 0 spiro atoms. The highest BCUT2D eigenvalue weighted by Crippen LogP contribution is 2.22. The summed E-state index contributed by atoms with van der Waals surface area (Å²) in [6, 6.07) is 15.4. The average Bonchev–Trinajstić information content (AvgIpc) is 3.00. The number of amides is 3. The maximum Gasteiger partial charge on any atom is 0.320 e. The third kappa shape index (κ3) is 7.37. The second-order valence-corrected chi connectivity index (χ2v) is 11.1. The Kier molecular flexibility index (Phi) is 9.48. The lowest BCUT2D eigenvalue weighted by atomic mass is 10.1. The molecule has 8 nitrogen and oxygen atoms in total. The van der Waals surface area contributed by atoms with Gasteiger partial charge in [0.1, 0.15) is 5.75 Å². The number of hydrogen-bond acceptors (Lipinski definition) is 5. The fraction of sp³-hybridized carbons (Fsp3) is 0.533. The van der Waals surface area contributed by atoms with E-state index in [0.29, 0.717) is 49.9 Å². The van der Waals surface area contributed by atoms with Gasteiger partial charge in [-0.3, -0.25) is 4.79 Å². The van der Waals surface area contributed by atoms with Gasteiger partial charge in [-0.1, -0.05) is 18.0 Å². The molecule has 9 heteroatoms. The zero-order chi connectivity index (χ0) is 27.0. The maximum atomic E-state index is 13.1. The number of carbonyl (C=O) groups is 2. The first-order valence-electron chi connectivity index (χ1n) is 14.4. The van der Waals surface area contributed by atoms with Crippen molar-refractivity contribution < 1.29 is 14.3 Å². The second kappa shape index (κ2) is 13.4. The normalized spacial score (nSPS) is 18.8. The summed E-state index contributed by atoms with van der Waals surface area (Å²) in [5.74, 6) is 0.904. The molecule has 0 radical (unpaired) electrons. The summed E-state index contributed by atoms with van der Waals surface area (Å²) in [7, 11) is 0. The number of benzene rings is 2. The first-order chi connectivity index (χ1) is 19.1. The zero-order valence-corrected chi connectivity index (χ0v) is 23.5. The molecule has 0 atom stereocenters. The van der Waals surface area contributed by atoms with E-state index in [-0.39, 0.29) is 11.9 Å². The van der Waals surface area contributed by atoms with Crippen LogP contribution in [0.2, 0.25) is 5.02 Å². The van der Waals surface area contributed by atoms with E-state index in [0.717, 1.165) is 44.1 Å². The molecular formula is C30H40ClN5O3. The van der Waals surface area contributed by atoms with Crippen molar-refractivity contribution in [2.45, 2.75) is 25.7 Å². The van der Waals surface area contributed by atoms with Crippen molar-refractivity contribution in [1.82, 2.24) is 19.6 Å². The molecule has 2 aromatic carbocycles. The van der Waals surface area contributed by atoms with E-state index in [2.05, 4.69) is 34.1 Å². The lowest BCUT2D eigenvalue weighted by Crippen LogP contribution is -2.57. The molecule has 3 fully saturated rings. The van der Waals surface area contributed by atoms with Gasteiger partial charge >= 0.3 is 6.03 Å². The van der Waals surface area contributed by atoms with Crippen LogP contribution in [0.3, 0.4) is 0 Å². The number of piperazine rings is 2. The lowest BCUT2D eigenvalue weighted by Gasteiger charge is -2.41. The Bertz CT molecular complexity index is 1070. The third-order valence-corrected chi connectivity index (χ3v) is 8.27. The van der Waals surface area contributed by atoms with E-state index in [1.165, 1.54) is 32.4 Å². The average molecular weight is 554 g/mol. The quantitative estimate of drug-likeness (QED) is 0.479. The van der Waals surface area contributed by atoms with Gasteiger partial charge in [0.25, 0.3) is 5.91 Å². The maximum absolute atomic E-state index is 13.1. The van der Waals surface area contributed by atoms with Gasteiger partial charge in [-0.15, -0.1) is 0 Å². The number of ether oxygens (including phenoxy) is 1. The largest absolute Gasteiger partial charge is 0.494 e. The number of halogens is 1. The number of hydrogen-bond donors (Lipinski definition) is 0. The molecule has 3 amide bonds. The fourth-order valence-electron chi connectivity index (χ4n) is 5.65. The summed E-state index contributed by atoms with van der Waals surface area (Å²) >= 11 is 5.94. The molecule has 5 rings (SSSR count). The highest BCUT2D eigenvalue weighted by molar-refractivity contribution is 6.30. The number of likely N-dealkylation sites (tertiary alicyclic amines) is 1. The molecule has 0 aromatic heterocycles. The van der Waals surface area contributed by atoms with Crippen molar-refractivity contribution in [1.29, 1.82) is 0 Å². The minimum absolute atomic E-state index is 0.0127. The van der Waals surface area contributed by atoms with Crippen LogP contribution >= 0.6 is 11.6 Å². The van der Waals surface area contributed by atoms with E-state index in [9.17, 15) is 9.59 Å². The first-order valence-corrected chi connectivity index (χ1v) is 14.7. The highest BCUT2D eigenvalue weighted by atomic mass is 35.5. The Morgan fingerprint density at radius 2 is 1.28 bits per heavy atom. The summed E-state index contributed by atoms with van der Waals surface area (Å²) in [5.41, 5.74) is 1.79. The Hall–Kier alpha value is -2.97. The molecule has 0 N–H and O–H groups in total. The molecule has 0 saturated carbocycles. The molecule has 0 bridgehead atoms. The predicted octanol–water partition coefficient (Wildman–Crippen LogP) is 4.29. The van der Waals surface area contributed by atoms with E-state index in [1.54, 1.807) is 24.3 Å². The van der Waals surface area contributed by atoms with E-state index >= 15 is 0 Å². The third-order valence-electron chi connectivity index (χ3n) is 8.02. The van der Waals surface area contributed by atoms with Crippen LogP contribution in [0, 0.1) is 0 Å². The van der Waals surface area contributed by atoms with Crippen LogP contribution in [0.25, 0.3) is 0 Å². The Balaban J connectivity index is 1.01. The molecule has 39 heavy (non-hydrogen) atoms. The summed E-state index contributed by atoms with van der Waals surface area (Å²) in [4.78, 5) is 36.4. The van der Waals surface area contributed by atoms with Crippen LogP contribution in [0.1, 0.15) is 36.0 Å². The van der Waals surface area contributed by atoms with Crippen molar-refractivity contribution in [3.63, 3.8) is 0 Å². The van der Waals surface area contributed by atoms with Crippen LogP contribution in [-0.4, -0.2) is 110 Å². The monoisotopic (exact) mass is 553 g/mol. The summed E-state index contributed by atoms with van der Waals surface area (Å²) in [6.07, 6.45) is 5.09.